The lowest BCUT2D eigenvalue weighted by Gasteiger charge is -2.05. The summed E-state index contributed by atoms with van der Waals surface area (Å²) in [7, 11) is 0. The van der Waals surface area contributed by atoms with Crippen LogP contribution in [0.5, 0.6) is 5.75 Å². The predicted octanol–water partition coefficient (Wildman–Crippen LogP) is 4.75. The average molecular weight is 416 g/mol. The van der Waals surface area contributed by atoms with Crippen LogP contribution in [0, 0.1) is 17.1 Å². The normalized spacial score (nSPS) is 11.2. The molecule has 0 aliphatic rings. The summed E-state index contributed by atoms with van der Waals surface area (Å²) in [5.74, 6) is 0.185. The van der Waals surface area contributed by atoms with E-state index in [9.17, 15) is 9.18 Å². The van der Waals surface area contributed by atoms with Crippen molar-refractivity contribution in [3.63, 3.8) is 0 Å². The Labute approximate surface area is 173 Å². The molecule has 30 heavy (non-hydrogen) atoms. The first kappa shape index (κ1) is 18.2. The molecule has 0 fully saturated rings. The Kier molecular flexibility index (Phi) is 4.38. The number of aromatic nitrogens is 3. The van der Waals surface area contributed by atoms with Crippen molar-refractivity contribution < 1.29 is 9.13 Å². The highest BCUT2D eigenvalue weighted by molar-refractivity contribution is 7.99. The molecule has 0 aliphatic carbocycles. The third-order valence-electron chi connectivity index (χ3n) is 4.74. The number of imidazole rings is 1. The van der Waals surface area contributed by atoms with Crippen molar-refractivity contribution in [1.82, 2.24) is 15.0 Å². The molecule has 2 aromatic heterocycles. The van der Waals surface area contributed by atoms with Crippen molar-refractivity contribution in [2.75, 3.05) is 6.61 Å². The molecule has 0 spiro atoms. The molecule has 0 radical (unpaired) electrons. The lowest BCUT2D eigenvalue weighted by molar-refractivity contribution is 0.367. The van der Waals surface area contributed by atoms with Crippen LogP contribution in [0.25, 0.3) is 32.6 Å². The van der Waals surface area contributed by atoms with Gasteiger partial charge in [-0.05, 0) is 42.5 Å². The number of aromatic amines is 2. The molecule has 0 atom stereocenters. The number of halogens is 1. The number of hydrogen-bond donors (Lipinski definition) is 2. The zero-order valence-electron chi connectivity index (χ0n) is 15.4. The number of H-pyrrole nitrogens is 2. The molecule has 0 saturated carbocycles. The number of nitrogens with zero attached hydrogens (tertiary/aromatic N) is 2. The van der Waals surface area contributed by atoms with Crippen LogP contribution in [0.1, 0.15) is 0 Å². The van der Waals surface area contributed by atoms with Crippen LogP contribution in [0.3, 0.4) is 0 Å². The molecule has 2 N–H and O–H groups in total. The molecule has 5 aromatic rings. The summed E-state index contributed by atoms with van der Waals surface area (Å²) in [5, 5.41) is 11.6. The quantitative estimate of drug-likeness (QED) is 0.412. The largest absolute Gasteiger partial charge is 0.479 e. The SMILES string of the molecule is N#CCOc1cccc(Sc2nc3c4cc[nH]c(=O)c4c4cc(F)ccc4c3[nH]2)c1. The van der Waals surface area contributed by atoms with Crippen molar-refractivity contribution >= 4 is 44.3 Å². The van der Waals surface area contributed by atoms with Gasteiger partial charge in [-0.1, -0.05) is 17.8 Å². The summed E-state index contributed by atoms with van der Waals surface area (Å²) >= 11 is 1.40. The number of ether oxygens (including phenoxy) is 1. The van der Waals surface area contributed by atoms with Crippen molar-refractivity contribution in [3.05, 3.63) is 70.9 Å². The standard InChI is InChI=1S/C22H13FN4O2S/c23-12-4-5-15-17(10-12)18-16(6-8-25-21(18)28)20-19(15)26-22(27-20)30-14-3-1-2-13(11-14)29-9-7-24/h1-6,8,10-11H,9H2,(H,25,28)(H,26,27). The molecule has 6 nitrogen and oxygen atoms in total. The van der Waals surface area contributed by atoms with E-state index < -0.39 is 5.82 Å². The molecule has 2 heterocycles. The molecule has 146 valence electrons. The van der Waals surface area contributed by atoms with E-state index in [0.29, 0.717) is 32.6 Å². The van der Waals surface area contributed by atoms with Gasteiger partial charge < -0.3 is 14.7 Å². The Morgan fingerprint density at radius 3 is 2.90 bits per heavy atom. The number of rotatable bonds is 4. The molecule has 3 aromatic carbocycles. The maximum atomic E-state index is 13.9. The van der Waals surface area contributed by atoms with Crippen LogP contribution < -0.4 is 10.3 Å². The maximum absolute atomic E-state index is 13.9. The number of fused-ring (bicyclic) bond motifs is 6. The molecule has 0 bridgehead atoms. The third-order valence-corrected chi connectivity index (χ3v) is 5.62. The second-order valence-corrected chi connectivity index (χ2v) is 7.64. The van der Waals surface area contributed by atoms with Gasteiger partial charge in [-0.3, -0.25) is 4.79 Å². The molecule has 8 heteroatoms. The van der Waals surface area contributed by atoms with Crippen LogP contribution in [0.2, 0.25) is 0 Å². The monoisotopic (exact) mass is 416 g/mol. The summed E-state index contributed by atoms with van der Waals surface area (Å²) in [6.45, 7) is -0.0260. The van der Waals surface area contributed by atoms with Crippen LogP contribution in [0.15, 0.2) is 69.6 Å². The lowest BCUT2D eigenvalue weighted by atomic mass is 10.0. The van der Waals surface area contributed by atoms with Gasteiger partial charge in [0.2, 0.25) is 0 Å². The zero-order chi connectivity index (χ0) is 20.7. The van der Waals surface area contributed by atoms with E-state index in [1.807, 2.05) is 24.3 Å². The van der Waals surface area contributed by atoms with E-state index in [4.69, 9.17) is 15.0 Å². The van der Waals surface area contributed by atoms with Gasteiger partial charge in [0.05, 0.1) is 16.4 Å². The Morgan fingerprint density at radius 2 is 2.03 bits per heavy atom. The van der Waals surface area contributed by atoms with Gasteiger partial charge >= 0.3 is 0 Å². The van der Waals surface area contributed by atoms with E-state index in [1.165, 1.54) is 23.9 Å². The van der Waals surface area contributed by atoms with Crippen LogP contribution in [-0.4, -0.2) is 21.6 Å². The number of benzene rings is 3. The minimum atomic E-state index is -0.408. The average Bonchev–Trinajstić information content (AvgIpc) is 3.16. The van der Waals surface area contributed by atoms with Crippen LogP contribution in [0.4, 0.5) is 4.39 Å². The molecular formula is C22H13FN4O2S. The zero-order valence-corrected chi connectivity index (χ0v) is 16.2. The smallest absolute Gasteiger partial charge is 0.256 e. The number of nitriles is 1. The second-order valence-electron chi connectivity index (χ2n) is 6.57. The second kappa shape index (κ2) is 7.21. The highest BCUT2D eigenvalue weighted by atomic mass is 32.2. The summed E-state index contributed by atoms with van der Waals surface area (Å²) in [4.78, 5) is 24.1. The molecule has 0 saturated heterocycles. The van der Waals surface area contributed by atoms with Gasteiger partial charge in [-0.2, -0.15) is 5.26 Å². The molecule has 0 aliphatic heterocycles. The first-order valence-corrected chi connectivity index (χ1v) is 9.86. The van der Waals surface area contributed by atoms with E-state index in [2.05, 4.69) is 9.97 Å². The van der Waals surface area contributed by atoms with Gasteiger partial charge in [-0.15, -0.1) is 0 Å². The minimum absolute atomic E-state index is 0.0260. The molecular weight excluding hydrogens is 403 g/mol. The van der Waals surface area contributed by atoms with Gasteiger partial charge in [0.15, 0.2) is 11.8 Å². The lowest BCUT2D eigenvalue weighted by Crippen LogP contribution is -2.05. The third kappa shape index (κ3) is 3.06. The van der Waals surface area contributed by atoms with Gasteiger partial charge in [0.1, 0.15) is 17.6 Å². The van der Waals surface area contributed by atoms with E-state index >= 15 is 0 Å². The minimum Gasteiger partial charge on any atom is -0.479 e. The van der Waals surface area contributed by atoms with Gasteiger partial charge in [-0.25, -0.2) is 9.37 Å². The first-order valence-electron chi connectivity index (χ1n) is 9.04. The van der Waals surface area contributed by atoms with E-state index in [0.717, 1.165) is 15.8 Å². The fourth-order valence-corrected chi connectivity index (χ4v) is 4.36. The van der Waals surface area contributed by atoms with Gasteiger partial charge in [0.25, 0.3) is 5.56 Å². The topological polar surface area (TPSA) is 94.6 Å². The Hall–Kier alpha value is -3.83. The van der Waals surface area contributed by atoms with Crippen LogP contribution >= 0.6 is 11.8 Å². The van der Waals surface area contributed by atoms with Crippen molar-refractivity contribution in [2.45, 2.75) is 10.1 Å². The van der Waals surface area contributed by atoms with Crippen LogP contribution in [-0.2, 0) is 0 Å². The summed E-state index contributed by atoms with van der Waals surface area (Å²) in [6, 6.07) is 15.5. The molecule has 0 amide bonds. The summed E-state index contributed by atoms with van der Waals surface area (Å²) in [6.07, 6.45) is 1.56. The first-order chi connectivity index (χ1) is 14.6. The Morgan fingerprint density at radius 1 is 1.13 bits per heavy atom. The van der Waals surface area contributed by atoms with Gasteiger partial charge in [0, 0.05) is 27.3 Å². The predicted molar refractivity (Wildman–Crippen MR) is 113 cm³/mol. The number of pyridine rings is 1. The van der Waals surface area contributed by atoms with Crippen molar-refractivity contribution in [1.29, 1.82) is 5.26 Å². The molecule has 0 unspecified atom stereocenters. The fraction of sp³-hybridized carbons (Fsp3) is 0.0455. The Balaban J connectivity index is 1.69. The summed E-state index contributed by atoms with van der Waals surface area (Å²) < 4.78 is 19.3. The van der Waals surface area contributed by atoms with E-state index in [1.54, 1.807) is 24.4 Å². The summed E-state index contributed by atoms with van der Waals surface area (Å²) in [5.41, 5.74) is 1.10. The number of nitrogens with one attached hydrogen (secondary N) is 2. The van der Waals surface area contributed by atoms with Crippen molar-refractivity contribution in [2.24, 2.45) is 0 Å². The highest BCUT2D eigenvalue weighted by Gasteiger charge is 2.16. The maximum Gasteiger partial charge on any atom is 0.256 e. The number of hydrogen-bond acceptors (Lipinski definition) is 5. The van der Waals surface area contributed by atoms with E-state index in [-0.39, 0.29) is 12.2 Å². The highest BCUT2D eigenvalue weighted by Crippen LogP contribution is 2.36. The fourth-order valence-electron chi connectivity index (χ4n) is 3.53. The Bertz CT molecular complexity index is 1530. The molecule has 5 rings (SSSR count). The van der Waals surface area contributed by atoms with Crippen molar-refractivity contribution in [3.8, 4) is 11.8 Å².